The molecular formula is C24H23F3N4O. The molecule has 1 aliphatic rings. The molecule has 1 fully saturated rings. The van der Waals surface area contributed by atoms with E-state index in [1.807, 2.05) is 54.0 Å². The van der Waals surface area contributed by atoms with Gasteiger partial charge in [0.2, 0.25) is 0 Å². The van der Waals surface area contributed by atoms with Crippen molar-refractivity contribution in [3.63, 3.8) is 0 Å². The van der Waals surface area contributed by atoms with Gasteiger partial charge in [-0.05, 0) is 25.0 Å². The topological polar surface area (TPSA) is 52.0 Å². The van der Waals surface area contributed by atoms with Gasteiger partial charge in [0.05, 0.1) is 23.7 Å². The second kappa shape index (κ2) is 8.18. The number of pyridine rings is 1. The number of benzene rings is 2. The molecule has 0 aliphatic carbocycles. The molecule has 0 amide bonds. The maximum atomic E-state index is 14.0. The third-order valence-corrected chi connectivity index (χ3v) is 5.81. The van der Waals surface area contributed by atoms with E-state index in [1.165, 1.54) is 0 Å². The van der Waals surface area contributed by atoms with Gasteiger partial charge in [-0.3, -0.25) is 0 Å². The summed E-state index contributed by atoms with van der Waals surface area (Å²) in [5, 5.41) is 3.97. The summed E-state index contributed by atoms with van der Waals surface area (Å²) in [6.07, 6.45) is -3.95. The number of aromatic nitrogens is 3. The number of nitrogens with zero attached hydrogens (tertiary/aromatic N) is 3. The molecule has 2 aromatic heterocycles. The van der Waals surface area contributed by atoms with Crippen LogP contribution < -0.4 is 5.32 Å². The van der Waals surface area contributed by atoms with Crippen molar-refractivity contribution in [1.29, 1.82) is 0 Å². The highest BCUT2D eigenvalue weighted by atomic mass is 19.4. The van der Waals surface area contributed by atoms with E-state index in [0.717, 1.165) is 24.2 Å². The molecule has 4 aromatic rings. The van der Waals surface area contributed by atoms with Crippen molar-refractivity contribution in [1.82, 2.24) is 19.9 Å². The first-order chi connectivity index (χ1) is 15.4. The molecule has 1 saturated heterocycles. The maximum Gasteiger partial charge on any atom is 0.435 e. The van der Waals surface area contributed by atoms with Crippen molar-refractivity contribution >= 4 is 21.9 Å². The van der Waals surface area contributed by atoms with Crippen LogP contribution in [-0.2, 0) is 17.5 Å². The average Bonchev–Trinajstić information content (AvgIpc) is 3.17. The number of nitrogens with one attached hydrogen (secondary N) is 1. The monoisotopic (exact) mass is 440 g/mol. The van der Waals surface area contributed by atoms with Gasteiger partial charge in [0.25, 0.3) is 0 Å². The highest BCUT2D eigenvalue weighted by molar-refractivity contribution is 6.05. The number of hydrogen-bond donors (Lipinski definition) is 1. The number of rotatable bonds is 4. The van der Waals surface area contributed by atoms with E-state index in [9.17, 15) is 13.2 Å². The highest BCUT2D eigenvalue weighted by Crippen LogP contribution is 2.38. The Hall–Kier alpha value is -2.97. The van der Waals surface area contributed by atoms with Crippen LogP contribution in [0.3, 0.4) is 0 Å². The SMILES string of the molecule is Cc1ccc2c(c1)nc(C(F)(F)F)c1nc(-c3ccccc3)n(CCC3CNCCO3)c12. The van der Waals surface area contributed by atoms with Crippen molar-refractivity contribution in [2.45, 2.75) is 32.2 Å². The van der Waals surface area contributed by atoms with E-state index in [-0.39, 0.29) is 11.6 Å². The zero-order valence-corrected chi connectivity index (χ0v) is 17.6. The second-order valence-corrected chi connectivity index (χ2v) is 8.11. The van der Waals surface area contributed by atoms with Crippen LogP contribution in [0.5, 0.6) is 0 Å². The van der Waals surface area contributed by atoms with Gasteiger partial charge in [-0.25, -0.2) is 9.97 Å². The Kier molecular flexibility index (Phi) is 5.35. The smallest absolute Gasteiger partial charge is 0.376 e. The number of hydrogen-bond acceptors (Lipinski definition) is 4. The zero-order chi connectivity index (χ0) is 22.3. The third-order valence-electron chi connectivity index (χ3n) is 5.81. The number of fused-ring (bicyclic) bond motifs is 3. The van der Waals surface area contributed by atoms with E-state index in [1.54, 1.807) is 6.07 Å². The lowest BCUT2D eigenvalue weighted by molar-refractivity contribution is -0.139. The Labute approximate surface area is 183 Å². The number of halogens is 3. The normalized spacial score (nSPS) is 17.3. The third kappa shape index (κ3) is 3.84. The predicted molar refractivity (Wildman–Crippen MR) is 117 cm³/mol. The molecule has 32 heavy (non-hydrogen) atoms. The van der Waals surface area contributed by atoms with Gasteiger partial charge in [0.15, 0.2) is 5.69 Å². The van der Waals surface area contributed by atoms with Gasteiger partial charge in [-0.1, -0.05) is 42.5 Å². The van der Waals surface area contributed by atoms with Crippen LogP contribution >= 0.6 is 0 Å². The lowest BCUT2D eigenvalue weighted by atomic mass is 10.1. The van der Waals surface area contributed by atoms with Crippen molar-refractivity contribution in [2.24, 2.45) is 0 Å². The summed E-state index contributed by atoms with van der Waals surface area (Å²) in [5.74, 6) is 0.504. The Bertz CT molecular complexity index is 1260. The molecule has 1 unspecified atom stereocenters. The first-order valence-electron chi connectivity index (χ1n) is 10.7. The predicted octanol–water partition coefficient (Wildman–Crippen LogP) is 4.96. The largest absolute Gasteiger partial charge is 0.435 e. The lowest BCUT2D eigenvalue weighted by Gasteiger charge is -2.24. The Balaban J connectivity index is 1.76. The fourth-order valence-electron chi connectivity index (χ4n) is 4.30. The number of alkyl halides is 3. The van der Waals surface area contributed by atoms with Crippen LogP contribution in [0.25, 0.3) is 33.3 Å². The summed E-state index contributed by atoms with van der Waals surface area (Å²) in [7, 11) is 0. The molecule has 0 spiro atoms. The summed E-state index contributed by atoms with van der Waals surface area (Å²) in [4.78, 5) is 8.51. The van der Waals surface area contributed by atoms with E-state index >= 15 is 0 Å². The minimum absolute atomic E-state index is 0.00209. The zero-order valence-electron chi connectivity index (χ0n) is 17.6. The van der Waals surface area contributed by atoms with E-state index in [0.29, 0.717) is 41.8 Å². The molecule has 1 N–H and O–H groups in total. The Morgan fingerprint density at radius 3 is 2.66 bits per heavy atom. The van der Waals surface area contributed by atoms with Crippen LogP contribution in [0, 0.1) is 6.92 Å². The first kappa shape index (κ1) is 20.9. The van der Waals surface area contributed by atoms with Gasteiger partial charge < -0.3 is 14.6 Å². The van der Waals surface area contributed by atoms with Gasteiger partial charge in [-0.2, -0.15) is 13.2 Å². The molecular weight excluding hydrogens is 417 g/mol. The molecule has 1 aliphatic heterocycles. The number of aryl methyl sites for hydroxylation is 2. The quantitative estimate of drug-likeness (QED) is 0.488. The summed E-state index contributed by atoms with van der Waals surface area (Å²) >= 11 is 0. The van der Waals surface area contributed by atoms with Crippen LogP contribution in [0.1, 0.15) is 17.7 Å². The average molecular weight is 440 g/mol. The fourth-order valence-corrected chi connectivity index (χ4v) is 4.30. The summed E-state index contributed by atoms with van der Waals surface area (Å²) in [6, 6.07) is 14.7. The molecule has 5 rings (SSSR count). The van der Waals surface area contributed by atoms with Gasteiger partial charge in [0, 0.05) is 30.6 Å². The highest BCUT2D eigenvalue weighted by Gasteiger charge is 2.37. The summed E-state index contributed by atoms with van der Waals surface area (Å²) < 4.78 is 49.8. The first-order valence-corrected chi connectivity index (χ1v) is 10.7. The van der Waals surface area contributed by atoms with Crippen LogP contribution in [-0.4, -0.2) is 40.3 Å². The van der Waals surface area contributed by atoms with Crippen molar-refractivity contribution in [2.75, 3.05) is 19.7 Å². The van der Waals surface area contributed by atoms with Crippen molar-refractivity contribution < 1.29 is 17.9 Å². The van der Waals surface area contributed by atoms with Gasteiger partial charge in [-0.15, -0.1) is 0 Å². The van der Waals surface area contributed by atoms with Gasteiger partial charge in [0.1, 0.15) is 11.3 Å². The summed E-state index contributed by atoms with van der Waals surface area (Å²) in [6.45, 7) is 4.49. The molecule has 1 atom stereocenters. The minimum atomic E-state index is -4.61. The molecule has 2 aromatic carbocycles. The van der Waals surface area contributed by atoms with Gasteiger partial charge >= 0.3 is 6.18 Å². The Morgan fingerprint density at radius 1 is 1.12 bits per heavy atom. The molecule has 3 heterocycles. The number of morpholine rings is 1. The van der Waals surface area contributed by atoms with Crippen LogP contribution in [0.15, 0.2) is 48.5 Å². The second-order valence-electron chi connectivity index (χ2n) is 8.11. The Morgan fingerprint density at radius 2 is 1.94 bits per heavy atom. The standard InChI is InChI=1S/C24H23F3N4O/c1-15-7-8-18-19(13-15)29-22(24(25,26)27)20-21(18)31(11-9-17-14-28-10-12-32-17)23(30-20)16-5-3-2-4-6-16/h2-8,13,17,28H,9-12,14H2,1H3. The minimum Gasteiger partial charge on any atom is -0.376 e. The lowest BCUT2D eigenvalue weighted by Crippen LogP contribution is -2.38. The van der Waals surface area contributed by atoms with E-state index < -0.39 is 11.9 Å². The number of imidazole rings is 1. The molecule has 5 nitrogen and oxygen atoms in total. The van der Waals surface area contributed by atoms with Crippen molar-refractivity contribution in [3.05, 3.63) is 59.8 Å². The van der Waals surface area contributed by atoms with Crippen LogP contribution in [0.2, 0.25) is 0 Å². The van der Waals surface area contributed by atoms with E-state index in [4.69, 9.17) is 4.74 Å². The number of ether oxygens (including phenoxy) is 1. The van der Waals surface area contributed by atoms with E-state index in [2.05, 4.69) is 15.3 Å². The van der Waals surface area contributed by atoms with Crippen molar-refractivity contribution in [3.8, 4) is 11.4 Å². The maximum absolute atomic E-state index is 14.0. The molecule has 8 heteroatoms. The summed E-state index contributed by atoms with van der Waals surface area (Å²) in [5.41, 5.74) is 1.34. The molecule has 0 bridgehead atoms. The molecule has 0 saturated carbocycles. The molecule has 166 valence electrons. The molecule has 0 radical (unpaired) electrons. The van der Waals surface area contributed by atoms with Crippen LogP contribution in [0.4, 0.5) is 13.2 Å². The fraction of sp³-hybridized carbons (Fsp3) is 0.333.